The zero-order valence-electron chi connectivity index (χ0n) is 8.83. The van der Waals surface area contributed by atoms with Gasteiger partial charge in [0.2, 0.25) is 5.91 Å². The lowest BCUT2D eigenvalue weighted by Crippen LogP contribution is -2.43. The molecule has 1 aliphatic heterocycles. The summed E-state index contributed by atoms with van der Waals surface area (Å²) in [5, 5.41) is -0.406. The first-order valence-electron chi connectivity index (χ1n) is 5.07. The standard InChI is InChI=1S/C10H18ClNO2/c1-8(11)10(13)12-5-3-4-9(6-12)7-14-2/h8-9H,3-7H2,1-2H3/t8-,9-/m1/s1. The van der Waals surface area contributed by atoms with Crippen molar-refractivity contribution in [2.45, 2.75) is 25.1 Å². The highest BCUT2D eigenvalue weighted by Gasteiger charge is 2.25. The van der Waals surface area contributed by atoms with Gasteiger partial charge in [0.1, 0.15) is 5.38 Å². The average molecular weight is 220 g/mol. The molecule has 0 bridgehead atoms. The lowest BCUT2D eigenvalue weighted by molar-refractivity contribution is -0.132. The number of hydrogen-bond donors (Lipinski definition) is 0. The number of piperidine rings is 1. The molecule has 1 aliphatic rings. The first kappa shape index (κ1) is 11.8. The van der Waals surface area contributed by atoms with Crippen LogP contribution in [0.5, 0.6) is 0 Å². The molecule has 4 heteroatoms. The van der Waals surface area contributed by atoms with Crippen molar-refractivity contribution in [2.75, 3.05) is 26.8 Å². The molecule has 0 aliphatic carbocycles. The summed E-state index contributed by atoms with van der Waals surface area (Å²) < 4.78 is 5.10. The van der Waals surface area contributed by atoms with Crippen molar-refractivity contribution in [1.82, 2.24) is 4.90 Å². The molecule has 0 N–H and O–H groups in total. The number of carbonyl (C=O) groups is 1. The molecule has 1 heterocycles. The Bertz CT molecular complexity index is 195. The molecule has 0 aromatic carbocycles. The Morgan fingerprint density at radius 2 is 2.43 bits per heavy atom. The molecular weight excluding hydrogens is 202 g/mol. The summed E-state index contributed by atoms with van der Waals surface area (Å²) >= 11 is 5.76. The molecule has 14 heavy (non-hydrogen) atoms. The molecule has 0 saturated carbocycles. The lowest BCUT2D eigenvalue weighted by atomic mass is 9.99. The van der Waals surface area contributed by atoms with Crippen LogP contribution in [0.4, 0.5) is 0 Å². The van der Waals surface area contributed by atoms with Crippen LogP contribution in [-0.2, 0) is 9.53 Å². The second-order valence-corrected chi connectivity index (χ2v) is 4.52. The van der Waals surface area contributed by atoms with Gasteiger partial charge in [-0.25, -0.2) is 0 Å². The minimum absolute atomic E-state index is 0.0486. The molecule has 0 spiro atoms. The van der Waals surface area contributed by atoms with Gasteiger partial charge in [-0.05, 0) is 25.7 Å². The fourth-order valence-electron chi connectivity index (χ4n) is 1.89. The van der Waals surface area contributed by atoms with Gasteiger partial charge in [-0.2, -0.15) is 0 Å². The minimum Gasteiger partial charge on any atom is -0.384 e. The van der Waals surface area contributed by atoms with Crippen LogP contribution in [0.25, 0.3) is 0 Å². The van der Waals surface area contributed by atoms with Crippen molar-refractivity contribution in [1.29, 1.82) is 0 Å². The monoisotopic (exact) mass is 219 g/mol. The summed E-state index contributed by atoms with van der Waals surface area (Å²) in [6, 6.07) is 0. The maximum Gasteiger partial charge on any atom is 0.240 e. The lowest BCUT2D eigenvalue weighted by Gasteiger charge is -2.33. The van der Waals surface area contributed by atoms with Crippen molar-refractivity contribution < 1.29 is 9.53 Å². The fourth-order valence-corrected chi connectivity index (χ4v) is 2.03. The molecule has 0 aromatic heterocycles. The number of amides is 1. The van der Waals surface area contributed by atoms with E-state index in [1.807, 2.05) is 4.90 Å². The first-order chi connectivity index (χ1) is 6.65. The van der Waals surface area contributed by atoms with E-state index in [1.165, 1.54) is 0 Å². The van der Waals surface area contributed by atoms with Gasteiger partial charge in [0.15, 0.2) is 0 Å². The molecule has 3 nitrogen and oxygen atoms in total. The summed E-state index contributed by atoms with van der Waals surface area (Å²) in [6.07, 6.45) is 2.21. The first-order valence-corrected chi connectivity index (χ1v) is 5.50. The number of nitrogens with zero attached hydrogens (tertiary/aromatic N) is 1. The summed E-state index contributed by atoms with van der Waals surface area (Å²) in [6.45, 7) is 4.10. The highest BCUT2D eigenvalue weighted by molar-refractivity contribution is 6.30. The maximum absolute atomic E-state index is 11.6. The topological polar surface area (TPSA) is 29.5 Å². The molecule has 0 radical (unpaired) electrons. The summed E-state index contributed by atoms with van der Waals surface area (Å²) in [7, 11) is 1.70. The Balaban J connectivity index is 2.43. The fraction of sp³-hybridized carbons (Fsp3) is 0.900. The van der Waals surface area contributed by atoms with Gasteiger partial charge in [0, 0.05) is 20.2 Å². The number of halogens is 1. The summed E-state index contributed by atoms with van der Waals surface area (Å²) in [5.74, 6) is 0.528. The van der Waals surface area contributed by atoms with Crippen molar-refractivity contribution >= 4 is 17.5 Å². The predicted molar refractivity (Wildman–Crippen MR) is 56.5 cm³/mol. The van der Waals surface area contributed by atoms with Crippen molar-refractivity contribution in [2.24, 2.45) is 5.92 Å². The number of hydrogen-bond acceptors (Lipinski definition) is 2. The van der Waals surface area contributed by atoms with Crippen LogP contribution < -0.4 is 0 Å². The molecule has 1 saturated heterocycles. The van der Waals surface area contributed by atoms with E-state index in [2.05, 4.69) is 0 Å². The number of alkyl halides is 1. The van der Waals surface area contributed by atoms with Crippen molar-refractivity contribution in [3.63, 3.8) is 0 Å². The second-order valence-electron chi connectivity index (χ2n) is 3.86. The molecule has 1 rings (SSSR count). The number of carbonyl (C=O) groups excluding carboxylic acids is 1. The molecule has 82 valence electrons. The third-order valence-corrected chi connectivity index (χ3v) is 2.76. The van der Waals surface area contributed by atoms with Gasteiger partial charge < -0.3 is 9.64 Å². The van der Waals surface area contributed by atoms with Crippen LogP contribution in [0.1, 0.15) is 19.8 Å². The SMILES string of the molecule is COC[C@@H]1CCCN(C(=O)[C@@H](C)Cl)C1. The smallest absolute Gasteiger partial charge is 0.240 e. The minimum atomic E-state index is -0.406. The molecule has 0 aromatic rings. The Morgan fingerprint density at radius 3 is 3.00 bits per heavy atom. The van der Waals surface area contributed by atoms with E-state index < -0.39 is 5.38 Å². The van der Waals surface area contributed by atoms with Gasteiger partial charge >= 0.3 is 0 Å². The van der Waals surface area contributed by atoms with Crippen LogP contribution in [0, 0.1) is 5.92 Å². The van der Waals surface area contributed by atoms with Gasteiger partial charge in [-0.3, -0.25) is 4.79 Å². The highest BCUT2D eigenvalue weighted by atomic mass is 35.5. The number of methoxy groups -OCH3 is 1. The summed E-state index contributed by atoms with van der Waals surface area (Å²) in [5.41, 5.74) is 0. The zero-order valence-corrected chi connectivity index (χ0v) is 9.59. The Kier molecular flexibility index (Phi) is 4.69. The normalized spacial score (nSPS) is 24.8. The van der Waals surface area contributed by atoms with E-state index >= 15 is 0 Å². The van der Waals surface area contributed by atoms with Gasteiger partial charge in [-0.15, -0.1) is 11.6 Å². The van der Waals surface area contributed by atoms with E-state index in [9.17, 15) is 4.79 Å². The highest BCUT2D eigenvalue weighted by Crippen LogP contribution is 2.18. The van der Waals surface area contributed by atoms with Gasteiger partial charge in [0.05, 0.1) is 6.61 Å². The average Bonchev–Trinajstić information content (AvgIpc) is 2.17. The molecule has 2 atom stereocenters. The molecule has 0 unspecified atom stereocenters. The number of ether oxygens (including phenoxy) is 1. The van der Waals surface area contributed by atoms with Gasteiger partial charge in [0.25, 0.3) is 0 Å². The number of rotatable bonds is 3. The zero-order chi connectivity index (χ0) is 10.6. The van der Waals surface area contributed by atoms with Crippen LogP contribution in [-0.4, -0.2) is 43.0 Å². The largest absolute Gasteiger partial charge is 0.384 e. The van der Waals surface area contributed by atoms with Gasteiger partial charge in [-0.1, -0.05) is 0 Å². The Morgan fingerprint density at radius 1 is 1.71 bits per heavy atom. The van der Waals surface area contributed by atoms with Crippen LogP contribution in [0.15, 0.2) is 0 Å². The van der Waals surface area contributed by atoms with Crippen molar-refractivity contribution in [3.8, 4) is 0 Å². The van der Waals surface area contributed by atoms with Crippen LogP contribution >= 0.6 is 11.6 Å². The number of likely N-dealkylation sites (tertiary alicyclic amines) is 1. The van der Waals surface area contributed by atoms with E-state index in [4.69, 9.17) is 16.3 Å². The third-order valence-electron chi connectivity index (χ3n) is 2.57. The van der Waals surface area contributed by atoms with E-state index in [0.29, 0.717) is 5.92 Å². The molecular formula is C10H18ClNO2. The van der Waals surface area contributed by atoms with E-state index in [0.717, 1.165) is 32.5 Å². The Hall–Kier alpha value is -0.280. The van der Waals surface area contributed by atoms with E-state index in [1.54, 1.807) is 14.0 Å². The Labute approximate surface area is 90.4 Å². The van der Waals surface area contributed by atoms with Crippen molar-refractivity contribution in [3.05, 3.63) is 0 Å². The molecule has 1 amide bonds. The summed E-state index contributed by atoms with van der Waals surface area (Å²) in [4.78, 5) is 13.5. The predicted octanol–water partition coefficient (Wildman–Crippen LogP) is 1.50. The quantitative estimate of drug-likeness (QED) is 0.674. The van der Waals surface area contributed by atoms with E-state index in [-0.39, 0.29) is 5.91 Å². The maximum atomic E-state index is 11.6. The van der Waals surface area contributed by atoms with Crippen LogP contribution in [0.3, 0.4) is 0 Å². The van der Waals surface area contributed by atoms with Crippen LogP contribution in [0.2, 0.25) is 0 Å². The third kappa shape index (κ3) is 3.14. The molecule has 1 fully saturated rings. The second kappa shape index (κ2) is 5.56.